The summed E-state index contributed by atoms with van der Waals surface area (Å²) in [7, 11) is 1.57. The smallest absolute Gasteiger partial charge is 0.271 e. The fourth-order valence-electron chi connectivity index (χ4n) is 2.51. The lowest BCUT2D eigenvalue weighted by Crippen LogP contribution is -2.39. The standard InChI is InChI=1S/C16H17BrN4O2/c1-18-16(22)13-5-6-15(20-19-13)21-7-8-23-14(10-21)11-3-2-4-12(17)9-11/h2-6,9,14H,7-8,10H2,1H3,(H,18,22). The number of nitrogens with one attached hydrogen (secondary N) is 1. The van der Waals surface area contributed by atoms with Crippen molar-refractivity contribution in [1.29, 1.82) is 0 Å². The summed E-state index contributed by atoms with van der Waals surface area (Å²) >= 11 is 3.49. The van der Waals surface area contributed by atoms with Crippen LogP contribution in [-0.2, 0) is 4.74 Å². The molecule has 1 aromatic heterocycles. The van der Waals surface area contributed by atoms with Gasteiger partial charge >= 0.3 is 0 Å². The maximum Gasteiger partial charge on any atom is 0.271 e. The molecule has 0 radical (unpaired) electrons. The Labute approximate surface area is 143 Å². The summed E-state index contributed by atoms with van der Waals surface area (Å²) in [5.41, 5.74) is 1.44. The Bertz CT molecular complexity index is 693. The molecule has 1 unspecified atom stereocenters. The molecular formula is C16H17BrN4O2. The van der Waals surface area contributed by atoms with E-state index in [-0.39, 0.29) is 12.0 Å². The molecule has 1 amide bonds. The highest BCUT2D eigenvalue weighted by Gasteiger charge is 2.23. The fourth-order valence-corrected chi connectivity index (χ4v) is 2.93. The number of halogens is 1. The highest BCUT2D eigenvalue weighted by molar-refractivity contribution is 9.10. The van der Waals surface area contributed by atoms with E-state index in [1.54, 1.807) is 13.1 Å². The first-order valence-corrected chi connectivity index (χ1v) is 8.14. The van der Waals surface area contributed by atoms with Crippen molar-refractivity contribution in [3.05, 3.63) is 52.1 Å². The van der Waals surface area contributed by atoms with E-state index in [0.29, 0.717) is 18.8 Å². The molecule has 1 saturated heterocycles. The summed E-state index contributed by atoms with van der Waals surface area (Å²) < 4.78 is 6.91. The molecule has 0 saturated carbocycles. The van der Waals surface area contributed by atoms with Gasteiger partial charge in [0.1, 0.15) is 6.10 Å². The molecule has 1 aliphatic rings. The molecule has 0 bridgehead atoms. The van der Waals surface area contributed by atoms with Crippen LogP contribution in [0, 0.1) is 0 Å². The Kier molecular flexibility index (Phi) is 4.88. The number of benzene rings is 1. The lowest BCUT2D eigenvalue weighted by atomic mass is 10.1. The van der Waals surface area contributed by atoms with Gasteiger partial charge in [0.15, 0.2) is 11.5 Å². The SMILES string of the molecule is CNC(=O)c1ccc(N2CCOC(c3cccc(Br)c3)C2)nn1. The van der Waals surface area contributed by atoms with Gasteiger partial charge in [0, 0.05) is 24.6 Å². The molecule has 2 heterocycles. The van der Waals surface area contributed by atoms with Crippen LogP contribution >= 0.6 is 15.9 Å². The zero-order valence-corrected chi connectivity index (χ0v) is 14.3. The van der Waals surface area contributed by atoms with Crippen LogP contribution in [0.15, 0.2) is 40.9 Å². The number of rotatable bonds is 3. The zero-order valence-electron chi connectivity index (χ0n) is 12.7. The normalized spacial score (nSPS) is 17.8. The van der Waals surface area contributed by atoms with Crippen molar-refractivity contribution in [3.63, 3.8) is 0 Å². The Morgan fingerprint density at radius 1 is 1.35 bits per heavy atom. The van der Waals surface area contributed by atoms with Gasteiger partial charge in [-0.1, -0.05) is 28.1 Å². The Balaban J connectivity index is 1.74. The molecule has 1 N–H and O–H groups in total. The summed E-state index contributed by atoms with van der Waals surface area (Å²) in [4.78, 5) is 13.6. The summed E-state index contributed by atoms with van der Waals surface area (Å²) in [6, 6.07) is 11.6. The third kappa shape index (κ3) is 3.68. The van der Waals surface area contributed by atoms with E-state index < -0.39 is 0 Å². The second kappa shape index (κ2) is 7.06. The van der Waals surface area contributed by atoms with Crippen molar-refractivity contribution < 1.29 is 9.53 Å². The van der Waals surface area contributed by atoms with Crippen LogP contribution in [0.4, 0.5) is 5.82 Å². The first-order chi connectivity index (χ1) is 11.2. The van der Waals surface area contributed by atoms with Crippen LogP contribution < -0.4 is 10.2 Å². The highest BCUT2D eigenvalue weighted by atomic mass is 79.9. The van der Waals surface area contributed by atoms with Crippen molar-refractivity contribution in [1.82, 2.24) is 15.5 Å². The van der Waals surface area contributed by atoms with E-state index in [1.807, 2.05) is 18.2 Å². The number of anilines is 1. The molecule has 1 aliphatic heterocycles. The zero-order chi connectivity index (χ0) is 16.2. The van der Waals surface area contributed by atoms with Crippen LogP contribution in [0.1, 0.15) is 22.2 Å². The molecule has 7 heteroatoms. The Hall–Kier alpha value is -1.99. The van der Waals surface area contributed by atoms with Gasteiger partial charge in [-0.15, -0.1) is 10.2 Å². The second-order valence-electron chi connectivity index (χ2n) is 5.22. The van der Waals surface area contributed by atoms with Gasteiger partial charge in [-0.2, -0.15) is 0 Å². The molecule has 0 spiro atoms. The Morgan fingerprint density at radius 3 is 2.91 bits per heavy atom. The van der Waals surface area contributed by atoms with Gasteiger partial charge in [-0.3, -0.25) is 4.79 Å². The number of ether oxygens (including phenoxy) is 1. The van der Waals surface area contributed by atoms with E-state index in [1.165, 1.54) is 0 Å². The van der Waals surface area contributed by atoms with Crippen LogP contribution in [0.5, 0.6) is 0 Å². The first kappa shape index (κ1) is 15.9. The summed E-state index contributed by atoms with van der Waals surface area (Å²) in [5.74, 6) is 0.513. The van der Waals surface area contributed by atoms with Gasteiger partial charge in [0.05, 0.1) is 6.61 Å². The van der Waals surface area contributed by atoms with Gasteiger partial charge in [-0.05, 0) is 29.8 Å². The topological polar surface area (TPSA) is 67.4 Å². The third-order valence-corrected chi connectivity index (χ3v) is 4.21. The molecule has 1 fully saturated rings. The lowest BCUT2D eigenvalue weighted by Gasteiger charge is -2.33. The van der Waals surface area contributed by atoms with Crippen LogP contribution in [-0.4, -0.2) is 42.8 Å². The summed E-state index contributed by atoms with van der Waals surface area (Å²) in [5, 5.41) is 10.7. The number of hydrogen-bond donors (Lipinski definition) is 1. The maximum atomic E-state index is 11.5. The van der Waals surface area contributed by atoms with Crippen LogP contribution in [0.3, 0.4) is 0 Å². The average Bonchev–Trinajstić information content (AvgIpc) is 2.61. The van der Waals surface area contributed by atoms with E-state index in [4.69, 9.17) is 4.74 Å². The number of carbonyl (C=O) groups is 1. The van der Waals surface area contributed by atoms with Crippen molar-refractivity contribution in [2.24, 2.45) is 0 Å². The highest BCUT2D eigenvalue weighted by Crippen LogP contribution is 2.26. The number of carbonyl (C=O) groups excluding carboxylic acids is 1. The molecule has 0 aliphatic carbocycles. The Morgan fingerprint density at radius 2 is 2.22 bits per heavy atom. The molecule has 6 nitrogen and oxygen atoms in total. The molecule has 120 valence electrons. The number of morpholine rings is 1. The fraction of sp³-hybridized carbons (Fsp3) is 0.312. The predicted octanol–water partition coefficient (Wildman–Crippen LogP) is 2.18. The van der Waals surface area contributed by atoms with Crippen LogP contribution in [0.2, 0.25) is 0 Å². The van der Waals surface area contributed by atoms with Crippen molar-refractivity contribution >= 4 is 27.7 Å². The largest absolute Gasteiger partial charge is 0.370 e. The minimum absolute atomic E-state index is 0.0123. The molecule has 1 aromatic carbocycles. The number of amides is 1. The minimum Gasteiger partial charge on any atom is -0.370 e. The molecule has 2 aromatic rings. The van der Waals surface area contributed by atoms with Crippen molar-refractivity contribution in [3.8, 4) is 0 Å². The number of nitrogens with zero attached hydrogens (tertiary/aromatic N) is 3. The van der Waals surface area contributed by atoms with Crippen LogP contribution in [0.25, 0.3) is 0 Å². The van der Waals surface area contributed by atoms with Gasteiger partial charge in [0.2, 0.25) is 0 Å². The minimum atomic E-state index is -0.238. The van der Waals surface area contributed by atoms with Crippen molar-refractivity contribution in [2.75, 3.05) is 31.6 Å². The van der Waals surface area contributed by atoms with Crippen molar-refractivity contribution in [2.45, 2.75) is 6.10 Å². The number of aromatic nitrogens is 2. The predicted molar refractivity (Wildman–Crippen MR) is 90.5 cm³/mol. The van der Waals surface area contributed by atoms with Gasteiger partial charge in [0.25, 0.3) is 5.91 Å². The monoisotopic (exact) mass is 376 g/mol. The quantitative estimate of drug-likeness (QED) is 0.888. The lowest BCUT2D eigenvalue weighted by molar-refractivity contribution is 0.0394. The molecule has 23 heavy (non-hydrogen) atoms. The van der Waals surface area contributed by atoms with E-state index >= 15 is 0 Å². The van der Waals surface area contributed by atoms with Gasteiger partial charge in [-0.25, -0.2) is 0 Å². The van der Waals surface area contributed by atoms with Gasteiger partial charge < -0.3 is 15.0 Å². The maximum absolute atomic E-state index is 11.5. The number of hydrogen-bond acceptors (Lipinski definition) is 5. The first-order valence-electron chi connectivity index (χ1n) is 7.35. The second-order valence-corrected chi connectivity index (χ2v) is 6.13. The molecule has 3 rings (SSSR count). The van der Waals surface area contributed by atoms with E-state index in [0.717, 1.165) is 22.4 Å². The molecule has 1 atom stereocenters. The summed E-state index contributed by atoms with van der Waals surface area (Å²) in [6.45, 7) is 2.07. The van der Waals surface area contributed by atoms with E-state index in [2.05, 4.69) is 48.5 Å². The average molecular weight is 377 g/mol. The summed E-state index contributed by atoms with van der Waals surface area (Å²) in [6.07, 6.45) is -0.0123. The third-order valence-electron chi connectivity index (χ3n) is 3.72. The molecular weight excluding hydrogens is 360 g/mol. The van der Waals surface area contributed by atoms with E-state index in [9.17, 15) is 4.79 Å².